The van der Waals surface area contributed by atoms with Gasteiger partial charge in [-0.1, -0.05) is 31.7 Å². The summed E-state index contributed by atoms with van der Waals surface area (Å²) in [7, 11) is 0. The number of allylic oxidation sites excluding steroid dienone is 5. The van der Waals surface area contributed by atoms with E-state index >= 15 is 0 Å². The van der Waals surface area contributed by atoms with E-state index < -0.39 is 0 Å². The van der Waals surface area contributed by atoms with Crippen molar-refractivity contribution >= 4 is 0 Å². The topological polar surface area (TPSA) is 0 Å². The van der Waals surface area contributed by atoms with Gasteiger partial charge in [0.15, 0.2) is 0 Å². The van der Waals surface area contributed by atoms with E-state index in [0.29, 0.717) is 0 Å². The van der Waals surface area contributed by atoms with Gasteiger partial charge in [0.25, 0.3) is 0 Å². The molecule has 0 bridgehead atoms. The monoisotopic (exact) mass is 162 g/mol. The molecule has 0 radical (unpaired) electrons. The standard InChI is InChI=1S/C12H18/c1-4-6-12-9-10(3)7-8-11(12)5-2/h4-6,10H,2,7-9H2,1,3H3/b6-4-. The van der Waals surface area contributed by atoms with E-state index in [1.165, 1.54) is 30.4 Å². The van der Waals surface area contributed by atoms with E-state index in [0.717, 1.165) is 5.92 Å². The van der Waals surface area contributed by atoms with Crippen LogP contribution in [0.1, 0.15) is 33.1 Å². The summed E-state index contributed by atoms with van der Waals surface area (Å²) in [4.78, 5) is 0. The first-order valence-corrected chi connectivity index (χ1v) is 4.75. The Bertz CT molecular complexity index is 218. The highest BCUT2D eigenvalue weighted by atomic mass is 14.2. The average molecular weight is 162 g/mol. The second kappa shape index (κ2) is 4.30. The first-order chi connectivity index (χ1) is 5.77. The van der Waals surface area contributed by atoms with Crippen LogP contribution in [-0.4, -0.2) is 0 Å². The van der Waals surface area contributed by atoms with Gasteiger partial charge < -0.3 is 0 Å². The van der Waals surface area contributed by atoms with Gasteiger partial charge in [0.1, 0.15) is 0 Å². The fourth-order valence-corrected chi connectivity index (χ4v) is 1.78. The smallest absolute Gasteiger partial charge is 0.0250 e. The van der Waals surface area contributed by atoms with Crippen LogP contribution >= 0.6 is 0 Å². The highest BCUT2D eigenvalue weighted by Crippen LogP contribution is 2.30. The lowest BCUT2D eigenvalue weighted by molar-refractivity contribution is 0.507. The molecule has 0 saturated carbocycles. The van der Waals surface area contributed by atoms with Crippen molar-refractivity contribution in [2.75, 3.05) is 0 Å². The Kier molecular flexibility index (Phi) is 3.33. The lowest BCUT2D eigenvalue weighted by atomic mass is 9.85. The molecule has 0 nitrogen and oxygen atoms in total. The number of rotatable bonds is 2. The van der Waals surface area contributed by atoms with Crippen LogP contribution in [0.4, 0.5) is 0 Å². The molecule has 0 heterocycles. The van der Waals surface area contributed by atoms with Crippen LogP contribution in [0.25, 0.3) is 0 Å². The van der Waals surface area contributed by atoms with Gasteiger partial charge in [0.2, 0.25) is 0 Å². The summed E-state index contributed by atoms with van der Waals surface area (Å²) in [5.74, 6) is 0.847. The highest BCUT2D eigenvalue weighted by molar-refractivity contribution is 5.34. The van der Waals surface area contributed by atoms with Gasteiger partial charge in [-0.15, -0.1) is 0 Å². The number of hydrogen-bond donors (Lipinski definition) is 0. The maximum Gasteiger partial charge on any atom is -0.0250 e. The molecular formula is C12H18. The van der Waals surface area contributed by atoms with Crippen LogP contribution < -0.4 is 0 Å². The molecule has 1 atom stereocenters. The zero-order valence-electron chi connectivity index (χ0n) is 8.14. The van der Waals surface area contributed by atoms with Crippen LogP contribution in [0, 0.1) is 5.92 Å². The van der Waals surface area contributed by atoms with Crippen LogP contribution in [0.5, 0.6) is 0 Å². The van der Waals surface area contributed by atoms with Crippen molar-refractivity contribution in [3.8, 4) is 0 Å². The van der Waals surface area contributed by atoms with Crippen molar-refractivity contribution in [2.45, 2.75) is 33.1 Å². The SMILES string of the molecule is C=CC1=C(/C=C\C)CC(C)CC1. The van der Waals surface area contributed by atoms with Gasteiger partial charge in [-0.3, -0.25) is 0 Å². The van der Waals surface area contributed by atoms with Crippen LogP contribution in [-0.2, 0) is 0 Å². The molecule has 66 valence electrons. The summed E-state index contributed by atoms with van der Waals surface area (Å²) in [6.07, 6.45) is 10.1. The average Bonchev–Trinajstić information content (AvgIpc) is 2.05. The third-order valence-electron chi connectivity index (χ3n) is 2.50. The highest BCUT2D eigenvalue weighted by Gasteiger charge is 2.13. The quantitative estimate of drug-likeness (QED) is 0.578. The lowest BCUT2D eigenvalue weighted by Gasteiger charge is -2.21. The fraction of sp³-hybridized carbons (Fsp3) is 0.500. The molecular weight excluding hydrogens is 144 g/mol. The zero-order chi connectivity index (χ0) is 8.97. The van der Waals surface area contributed by atoms with E-state index in [1.54, 1.807) is 0 Å². The van der Waals surface area contributed by atoms with E-state index in [-0.39, 0.29) is 0 Å². The molecule has 1 aliphatic carbocycles. The van der Waals surface area contributed by atoms with Gasteiger partial charge >= 0.3 is 0 Å². The second-order valence-electron chi connectivity index (χ2n) is 3.60. The van der Waals surface area contributed by atoms with Crippen molar-refractivity contribution in [3.05, 3.63) is 36.0 Å². The fourth-order valence-electron chi connectivity index (χ4n) is 1.78. The molecule has 0 aromatic rings. The van der Waals surface area contributed by atoms with Crippen molar-refractivity contribution in [2.24, 2.45) is 5.92 Å². The van der Waals surface area contributed by atoms with Crippen LogP contribution in [0.15, 0.2) is 36.0 Å². The normalized spacial score (nSPS) is 25.0. The molecule has 0 amide bonds. The molecule has 0 aromatic carbocycles. The Hall–Kier alpha value is -0.780. The zero-order valence-corrected chi connectivity index (χ0v) is 8.14. The molecule has 1 rings (SSSR count). The minimum Gasteiger partial charge on any atom is -0.0988 e. The molecule has 0 heteroatoms. The first-order valence-electron chi connectivity index (χ1n) is 4.75. The Morgan fingerprint density at radius 1 is 1.42 bits per heavy atom. The summed E-state index contributed by atoms with van der Waals surface area (Å²) in [6, 6.07) is 0. The van der Waals surface area contributed by atoms with E-state index in [9.17, 15) is 0 Å². The summed E-state index contributed by atoms with van der Waals surface area (Å²) in [5.41, 5.74) is 2.94. The molecule has 1 unspecified atom stereocenters. The second-order valence-corrected chi connectivity index (χ2v) is 3.60. The summed E-state index contributed by atoms with van der Waals surface area (Å²) in [5, 5.41) is 0. The van der Waals surface area contributed by atoms with Gasteiger partial charge in [0, 0.05) is 0 Å². The predicted octanol–water partition coefficient (Wildman–Crippen LogP) is 3.87. The van der Waals surface area contributed by atoms with Gasteiger partial charge in [-0.25, -0.2) is 0 Å². The van der Waals surface area contributed by atoms with Gasteiger partial charge in [-0.2, -0.15) is 0 Å². The maximum atomic E-state index is 3.85. The molecule has 0 N–H and O–H groups in total. The van der Waals surface area contributed by atoms with Crippen LogP contribution in [0.3, 0.4) is 0 Å². The number of hydrogen-bond acceptors (Lipinski definition) is 0. The Labute approximate surface area is 75.7 Å². The third kappa shape index (κ3) is 2.10. The molecule has 12 heavy (non-hydrogen) atoms. The first kappa shape index (κ1) is 9.31. The van der Waals surface area contributed by atoms with E-state index in [1.807, 2.05) is 6.08 Å². The lowest BCUT2D eigenvalue weighted by Crippen LogP contribution is -2.05. The van der Waals surface area contributed by atoms with Crippen molar-refractivity contribution in [3.63, 3.8) is 0 Å². The van der Waals surface area contributed by atoms with Crippen LogP contribution in [0.2, 0.25) is 0 Å². The maximum absolute atomic E-state index is 3.85. The van der Waals surface area contributed by atoms with E-state index in [2.05, 4.69) is 32.6 Å². The molecule has 0 aromatic heterocycles. The molecule has 0 aliphatic heterocycles. The van der Waals surface area contributed by atoms with E-state index in [4.69, 9.17) is 0 Å². The van der Waals surface area contributed by atoms with Gasteiger partial charge in [0.05, 0.1) is 0 Å². The predicted molar refractivity (Wildman–Crippen MR) is 55.1 cm³/mol. The van der Waals surface area contributed by atoms with Crippen molar-refractivity contribution < 1.29 is 0 Å². The largest absolute Gasteiger partial charge is 0.0988 e. The molecule has 0 saturated heterocycles. The van der Waals surface area contributed by atoms with Crippen molar-refractivity contribution in [1.82, 2.24) is 0 Å². The Balaban J connectivity index is 2.84. The third-order valence-corrected chi connectivity index (χ3v) is 2.50. The summed E-state index contributed by atoms with van der Waals surface area (Å²) < 4.78 is 0. The van der Waals surface area contributed by atoms with Gasteiger partial charge in [-0.05, 0) is 43.3 Å². The molecule has 0 spiro atoms. The Morgan fingerprint density at radius 3 is 2.75 bits per heavy atom. The summed E-state index contributed by atoms with van der Waals surface area (Å²) in [6.45, 7) is 8.25. The minimum atomic E-state index is 0.847. The molecule has 1 aliphatic rings. The minimum absolute atomic E-state index is 0.847. The Morgan fingerprint density at radius 2 is 2.17 bits per heavy atom. The van der Waals surface area contributed by atoms with Crippen molar-refractivity contribution in [1.29, 1.82) is 0 Å². The summed E-state index contributed by atoms with van der Waals surface area (Å²) >= 11 is 0. The molecule has 0 fully saturated rings.